The number of nitrogens with zero attached hydrogens (tertiary/aromatic N) is 4. The molecule has 0 atom stereocenters. The van der Waals surface area contributed by atoms with E-state index in [1.54, 1.807) is 12.4 Å². The minimum atomic E-state index is -0.137. The normalized spacial score (nSPS) is 28.5. The fourth-order valence-corrected chi connectivity index (χ4v) is 6.38. The van der Waals surface area contributed by atoms with Gasteiger partial charge >= 0.3 is 0 Å². The Bertz CT molecular complexity index is 1200. The van der Waals surface area contributed by atoms with Gasteiger partial charge in [0.2, 0.25) is 5.89 Å². The largest absolute Gasteiger partial charge is 0.370 e. The standard InChI is InChI=1S/C25H26Cl2N4O3/c26-17-11-28-12-18(27)19(17)20-16(21(33-30-20)14-1-2-14)13-32-25-8-5-24(6-9-25,7-10-25)23-29-22(31-34-23)15-3-4-15/h11-12,14-15H,1-10,13H2. The van der Waals surface area contributed by atoms with Crippen molar-refractivity contribution in [3.63, 3.8) is 0 Å². The maximum absolute atomic E-state index is 6.73. The number of hydrogen-bond donors (Lipinski definition) is 0. The van der Waals surface area contributed by atoms with Crippen LogP contribution in [0.4, 0.5) is 0 Å². The molecule has 0 amide bonds. The van der Waals surface area contributed by atoms with E-state index in [1.807, 2.05) is 0 Å². The molecule has 3 aromatic rings. The Labute approximate surface area is 207 Å². The van der Waals surface area contributed by atoms with Crippen LogP contribution < -0.4 is 0 Å². The SMILES string of the molecule is Clc1cncc(Cl)c1-c1noc(C2CC2)c1COC12CCC(c3nc(C4CC4)no3)(CC1)CC2. The highest BCUT2D eigenvalue weighted by atomic mass is 35.5. The molecule has 3 heterocycles. The van der Waals surface area contributed by atoms with Gasteiger partial charge in [-0.1, -0.05) is 33.5 Å². The molecule has 5 aliphatic carbocycles. The summed E-state index contributed by atoms with van der Waals surface area (Å²) in [7, 11) is 0. The quantitative estimate of drug-likeness (QED) is 0.354. The molecule has 5 fully saturated rings. The summed E-state index contributed by atoms with van der Waals surface area (Å²) in [4.78, 5) is 8.88. The Hall–Kier alpha value is -1.96. The van der Waals surface area contributed by atoms with Gasteiger partial charge in [-0.15, -0.1) is 0 Å². The number of aromatic nitrogens is 4. The van der Waals surface area contributed by atoms with Crippen LogP contribution in [0.15, 0.2) is 21.4 Å². The molecule has 0 saturated heterocycles. The number of hydrogen-bond acceptors (Lipinski definition) is 7. The summed E-state index contributed by atoms with van der Waals surface area (Å²) < 4.78 is 18.3. The first-order chi connectivity index (χ1) is 16.6. The van der Waals surface area contributed by atoms with Crippen molar-refractivity contribution in [1.82, 2.24) is 20.3 Å². The van der Waals surface area contributed by atoms with E-state index >= 15 is 0 Å². The summed E-state index contributed by atoms with van der Waals surface area (Å²) in [5.74, 6) is 3.59. The van der Waals surface area contributed by atoms with Gasteiger partial charge in [0.05, 0.1) is 22.3 Å². The first-order valence-electron chi connectivity index (χ1n) is 12.3. The highest BCUT2D eigenvalue weighted by Gasteiger charge is 2.53. The summed E-state index contributed by atoms with van der Waals surface area (Å²) >= 11 is 12.9. The van der Waals surface area contributed by atoms with E-state index in [0.717, 1.165) is 74.4 Å². The first kappa shape index (κ1) is 21.3. The van der Waals surface area contributed by atoms with E-state index in [4.69, 9.17) is 42.0 Å². The van der Waals surface area contributed by atoms with Crippen LogP contribution in [0, 0.1) is 0 Å². The van der Waals surface area contributed by atoms with E-state index in [0.29, 0.717) is 39.7 Å². The molecule has 0 N–H and O–H groups in total. The second kappa shape index (κ2) is 7.77. The molecule has 2 bridgehead atoms. The Morgan fingerprint density at radius 2 is 1.56 bits per heavy atom. The number of rotatable bonds is 7. The lowest BCUT2D eigenvalue weighted by atomic mass is 9.58. The summed E-state index contributed by atoms with van der Waals surface area (Å²) in [6.45, 7) is 0.443. The van der Waals surface area contributed by atoms with Crippen LogP contribution >= 0.6 is 23.2 Å². The van der Waals surface area contributed by atoms with Crippen LogP contribution in [0.1, 0.15) is 99.1 Å². The molecule has 178 valence electrons. The van der Waals surface area contributed by atoms with Crippen LogP contribution in [0.2, 0.25) is 10.0 Å². The number of pyridine rings is 1. The molecule has 5 saturated carbocycles. The average molecular weight is 501 g/mol. The summed E-state index contributed by atoms with van der Waals surface area (Å²) in [5, 5.41) is 9.59. The van der Waals surface area contributed by atoms with Crippen molar-refractivity contribution in [2.45, 2.75) is 93.7 Å². The average Bonchev–Trinajstić information content (AvgIpc) is 3.79. The summed E-state index contributed by atoms with van der Waals surface area (Å²) in [5.41, 5.74) is 2.20. The Balaban J connectivity index is 1.12. The van der Waals surface area contributed by atoms with Crippen LogP contribution in [0.5, 0.6) is 0 Å². The lowest BCUT2D eigenvalue weighted by Gasteiger charge is -2.51. The highest BCUT2D eigenvalue weighted by Crippen LogP contribution is 2.56. The van der Waals surface area contributed by atoms with Gasteiger partial charge in [0.1, 0.15) is 11.5 Å². The minimum Gasteiger partial charge on any atom is -0.370 e. The van der Waals surface area contributed by atoms with Crippen LogP contribution in [0.3, 0.4) is 0 Å². The zero-order valence-corrected chi connectivity index (χ0v) is 20.4. The summed E-state index contributed by atoms with van der Waals surface area (Å²) in [6, 6.07) is 0. The molecule has 9 heteroatoms. The van der Waals surface area contributed by atoms with Crippen molar-refractivity contribution in [1.29, 1.82) is 0 Å². The molecule has 8 rings (SSSR count). The Morgan fingerprint density at radius 1 is 0.882 bits per heavy atom. The molecule has 0 unspecified atom stereocenters. The lowest BCUT2D eigenvalue weighted by molar-refractivity contribution is -0.130. The second-order valence-corrected chi connectivity index (χ2v) is 11.4. The predicted octanol–water partition coefficient (Wildman–Crippen LogP) is 6.74. The van der Waals surface area contributed by atoms with E-state index in [1.165, 1.54) is 12.8 Å². The molecule has 3 aromatic heterocycles. The lowest BCUT2D eigenvalue weighted by Crippen LogP contribution is -2.49. The van der Waals surface area contributed by atoms with Gasteiger partial charge in [0.25, 0.3) is 0 Å². The highest BCUT2D eigenvalue weighted by molar-refractivity contribution is 6.38. The predicted molar refractivity (Wildman–Crippen MR) is 125 cm³/mol. The zero-order chi connectivity index (χ0) is 22.9. The van der Waals surface area contributed by atoms with Gasteiger partial charge in [0, 0.05) is 40.8 Å². The van der Waals surface area contributed by atoms with E-state index in [9.17, 15) is 0 Å². The van der Waals surface area contributed by atoms with Crippen molar-refractivity contribution in [3.8, 4) is 11.3 Å². The third-order valence-electron chi connectivity index (χ3n) is 8.40. The fourth-order valence-electron chi connectivity index (χ4n) is 5.83. The Morgan fingerprint density at radius 3 is 2.21 bits per heavy atom. The van der Waals surface area contributed by atoms with E-state index < -0.39 is 0 Å². The van der Waals surface area contributed by atoms with E-state index in [-0.39, 0.29) is 11.0 Å². The molecule has 5 aliphatic rings. The molecule has 0 aliphatic heterocycles. The summed E-state index contributed by atoms with van der Waals surface area (Å²) in [6.07, 6.45) is 13.8. The maximum Gasteiger partial charge on any atom is 0.232 e. The third-order valence-corrected chi connectivity index (χ3v) is 8.97. The Kier molecular flexibility index (Phi) is 4.88. The fraction of sp³-hybridized carbons (Fsp3) is 0.600. The topological polar surface area (TPSA) is 87.1 Å². The third kappa shape index (κ3) is 3.50. The van der Waals surface area contributed by atoms with Crippen LogP contribution in [0.25, 0.3) is 11.3 Å². The van der Waals surface area contributed by atoms with Gasteiger partial charge in [0.15, 0.2) is 5.82 Å². The maximum atomic E-state index is 6.73. The van der Waals surface area contributed by atoms with Crippen molar-refractivity contribution in [2.75, 3.05) is 0 Å². The molecule has 0 aromatic carbocycles. The molecule has 7 nitrogen and oxygen atoms in total. The minimum absolute atomic E-state index is 0.0187. The van der Waals surface area contributed by atoms with Gasteiger partial charge in [-0.05, 0) is 64.2 Å². The van der Waals surface area contributed by atoms with Crippen molar-refractivity contribution in [3.05, 3.63) is 45.5 Å². The van der Waals surface area contributed by atoms with Gasteiger partial charge in [-0.2, -0.15) is 4.98 Å². The van der Waals surface area contributed by atoms with Crippen molar-refractivity contribution in [2.24, 2.45) is 0 Å². The number of halogens is 2. The zero-order valence-electron chi connectivity index (χ0n) is 18.9. The molecule has 34 heavy (non-hydrogen) atoms. The molecule has 0 radical (unpaired) electrons. The monoisotopic (exact) mass is 500 g/mol. The van der Waals surface area contributed by atoms with Gasteiger partial charge < -0.3 is 13.8 Å². The van der Waals surface area contributed by atoms with E-state index in [2.05, 4.69) is 15.3 Å². The first-order valence-corrected chi connectivity index (χ1v) is 13.1. The molecular formula is C25H26Cl2N4O3. The molecular weight excluding hydrogens is 475 g/mol. The van der Waals surface area contributed by atoms with Crippen molar-refractivity contribution >= 4 is 23.2 Å². The second-order valence-electron chi connectivity index (χ2n) is 10.6. The van der Waals surface area contributed by atoms with Crippen molar-refractivity contribution < 1.29 is 13.8 Å². The molecule has 0 spiro atoms. The number of fused-ring (bicyclic) bond motifs is 3. The van der Waals surface area contributed by atoms with Gasteiger partial charge in [-0.25, -0.2) is 0 Å². The smallest absolute Gasteiger partial charge is 0.232 e. The van der Waals surface area contributed by atoms with Gasteiger partial charge in [-0.3, -0.25) is 4.98 Å². The van der Waals surface area contributed by atoms with Crippen LogP contribution in [-0.4, -0.2) is 25.9 Å². The van der Waals surface area contributed by atoms with Crippen LogP contribution in [-0.2, 0) is 16.8 Å². The number of ether oxygens (including phenoxy) is 1.